The number of nitrogens with zero attached hydrogens (tertiary/aromatic N) is 3. The normalized spacial score (nSPS) is 22.9. The summed E-state index contributed by atoms with van der Waals surface area (Å²) >= 11 is 5.89. The number of rotatable bonds is 10. The minimum atomic E-state index is -0.336. The molecule has 2 heterocycles. The molecular weight excluding hydrogens is 441 g/mol. The average Bonchev–Trinajstić information content (AvgIpc) is 3.74. The van der Waals surface area contributed by atoms with Crippen LogP contribution in [0.3, 0.4) is 0 Å². The van der Waals surface area contributed by atoms with E-state index >= 15 is 0 Å². The molecule has 7 heteroatoms. The van der Waals surface area contributed by atoms with Crippen LogP contribution in [0, 0.1) is 29.5 Å². The Kier molecular flexibility index (Phi) is 6.81. The number of Topliss-reactive ketones (excluding diaryl/α,β-unsaturated/α-hetero) is 1. The first kappa shape index (κ1) is 22.6. The molecule has 2 saturated carbocycles. The van der Waals surface area contributed by atoms with Crippen molar-refractivity contribution in [2.24, 2.45) is 23.7 Å². The van der Waals surface area contributed by atoms with Gasteiger partial charge in [-0.05, 0) is 73.8 Å². The maximum absolute atomic E-state index is 14.4. The zero-order valence-corrected chi connectivity index (χ0v) is 19.6. The van der Waals surface area contributed by atoms with Crippen LogP contribution in [-0.4, -0.2) is 35.4 Å². The molecule has 1 aliphatic heterocycles. The topological polar surface area (TPSA) is 55.3 Å². The van der Waals surface area contributed by atoms with Gasteiger partial charge in [0.1, 0.15) is 17.3 Å². The van der Waals surface area contributed by atoms with Crippen LogP contribution in [0.1, 0.15) is 50.5 Å². The minimum absolute atomic E-state index is 0.136. The van der Waals surface area contributed by atoms with Gasteiger partial charge in [0, 0.05) is 32.0 Å². The van der Waals surface area contributed by atoms with E-state index in [1.54, 1.807) is 24.5 Å². The van der Waals surface area contributed by atoms with Crippen LogP contribution in [0.5, 0.6) is 5.75 Å². The Morgan fingerprint density at radius 1 is 1.15 bits per heavy atom. The number of ether oxygens (including phenoxy) is 1. The van der Waals surface area contributed by atoms with Crippen molar-refractivity contribution in [1.29, 1.82) is 0 Å². The summed E-state index contributed by atoms with van der Waals surface area (Å²) < 4.78 is 20.2. The lowest BCUT2D eigenvalue weighted by molar-refractivity contribution is -0.118. The highest BCUT2D eigenvalue weighted by atomic mass is 35.5. The van der Waals surface area contributed by atoms with Crippen molar-refractivity contribution in [2.45, 2.75) is 51.4 Å². The lowest BCUT2D eigenvalue weighted by atomic mass is 9.90. The Labute approximate surface area is 199 Å². The SMILES string of the molecule is O=C(Cc1ccc(OCC[C@@H]2C[C@@H]2C2CCN(c3ncc(Cl)cn3)CC2)cc1F)CC1CC1. The molecule has 33 heavy (non-hydrogen) atoms. The maximum atomic E-state index is 14.4. The largest absolute Gasteiger partial charge is 0.493 e. The second kappa shape index (κ2) is 9.96. The van der Waals surface area contributed by atoms with Crippen molar-refractivity contribution < 1.29 is 13.9 Å². The lowest BCUT2D eigenvalue weighted by Crippen LogP contribution is -2.35. The number of ketones is 1. The van der Waals surface area contributed by atoms with Crippen LogP contribution < -0.4 is 9.64 Å². The lowest BCUT2D eigenvalue weighted by Gasteiger charge is -2.32. The zero-order chi connectivity index (χ0) is 22.8. The molecule has 176 valence electrons. The van der Waals surface area contributed by atoms with E-state index in [1.165, 1.54) is 25.3 Å². The molecule has 2 atom stereocenters. The fourth-order valence-electron chi connectivity index (χ4n) is 5.19. The molecule has 0 N–H and O–H groups in total. The molecular formula is C26H31ClFN3O2. The number of benzene rings is 1. The van der Waals surface area contributed by atoms with E-state index in [0.717, 1.165) is 50.1 Å². The summed E-state index contributed by atoms with van der Waals surface area (Å²) in [7, 11) is 0. The summed E-state index contributed by atoms with van der Waals surface area (Å²) in [5.74, 6) is 3.90. The van der Waals surface area contributed by atoms with Gasteiger partial charge in [-0.15, -0.1) is 0 Å². The number of anilines is 1. The molecule has 0 amide bonds. The van der Waals surface area contributed by atoms with E-state index in [4.69, 9.17) is 16.3 Å². The Balaban J connectivity index is 1.01. The van der Waals surface area contributed by atoms with Crippen molar-refractivity contribution >= 4 is 23.3 Å². The van der Waals surface area contributed by atoms with Gasteiger partial charge in [-0.25, -0.2) is 14.4 Å². The summed E-state index contributed by atoms with van der Waals surface area (Å²) in [5.41, 5.74) is 0.477. The summed E-state index contributed by atoms with van der Waals surface area (Å²) in [6.07, 6.45) is 11.0. The highest BCUT2D eigenvalue weighted by Gasteiger charge is 2.43. The second-order valence-corrected chi connectivity index (χ2v) is 10.4. The second-order valence-electron chi connectivity index (χ2n) is 9.94. The predicted molar refractivity (Wildman–Crippen MR) is 126 cm³/mol. The molecule has 1 saturated heterocycles. The molecule has 5 nitrogen and oxygen atoms in total. The predicted octanol–water partition coefficient (Wildman–Crippen LogP) is 5.50. The Morgan fingerprint density at radius 2 is 1.91 bits per heavy atom. The van der Waals surface area contributed by atoms with Gasteiger partial charge in [0.2, 0.25) is 5.95 Å². The number of piperidine rings is 1. The third kappa shape index (κ3) is 6.03. The van der Waals surface area contributed by atoms with Crippen LogP contribution in [0.4, 0.5) is 10.3 Å². The van der Waals surface area contributed by atoms with Gasteiger partial charge in [-0.3, -0.25) is 4.79 Å². The number of hydrogen-bond donors (Lipinski definition) is 0. The van der Waals surface area contributed by atoms with Gasteiger partial charge in [0.05, 0.1) is 24.0 Å². The van der Waals surface area contributed by atoms with Crippen molar-refractivity contribution in [3.8, 4) is 5.75 Å². The average molecular weight is 472 g/mol. The molecule has 0 bridgehead atoms. The minimum Gasteiger partial charge on any atom is -0.493 e. The summed E-state index contributed by atoms with van der Waals surface area (Å²) in [5, 5.41) is 0.564. The molecule has 0 spiro atoms. The Bertz CT molecular complexity index is 974. The van der Waals surface area contributed by atoms with Crippen molar-refractivity contribution in [2.75, 3.05) is 24.6 Å². The third-order valence-electron chi connectivity index (χ3n) is 7.39. The quantitative estimate of drug-likeness (QED) is 0.457. The summed E-state index contributed by atoms with van der Waals surface area (Å²) in [6.45, 7) is 2.58. The van der Waals surface area contributed by atoms with Gasteiger partial charge in [0.25, 0.3) is 0 Å². The maximum Gasteiger partial charge on any atom is 0.225 e. The van der Waals surface area contributed by atoms with E-state index in [-0.39, 0.29) is 18.0 Å². The van der Waals surface area contributed by atoms with Gasteiger partial charge in [-0.2, -0.15) is 0 Å². The molecule has 5 rings (SSSR count). The number of halogens is 2. The summed E-state index contributed by atoms with van der Waals surface area (Å²) in [6, 6.07) is 4.92. The summed E-state index contributed by atoms with van der Waals surface area (Å²) in [4.78, 5) is 22.9. The molecule has 0 radical (unpaired) electrons. The molecule has 3 fully saturated rings. The number of hydrogen-bond acceptors (Lipinski definition) is 5. The van der Waals surface area contributed by atoms with Crippen molar-refractivity contribution in [1.82, 2.24) is 9.97 Å². The first-order valence-electron chi connectivity index (χ1n) is 12.2. The van der Waals surface area contributed by atoms with Gasteiger partial charge < -0.3 is 9.64 Å². The standard InChI is InChI=1S/C26H31ClFN3O2/c27-21-15-29-26(30-16-21)31-8-5-18(6-9-31)24-13-19(24)7-10-33-23-4-3-20(25(28)14-23)12-22(32)11-17-1-2-17/h3-4,14-19,24H,1-2,5-13H2/t19-,24-/m1/s1. The molecule has 1 aromatic heterocycles. The smallest absolute Gasteiger partial charge is 0.225 e. The first-order valence-corrected chi connectivity index (χ1v) is 12.6. The number of aromatic nitrogens is 2. The first-order chi connectivity index (χ1) is 16.0. The highest BCUT2D eigenvalue weighted by Crippen LogP contribution is 2.49. The van der Waals surface area contributed by atoms with Crippen LogP contribution in [0.25, 0.3) is 0 Å². The van der Waals surface area contributed by atoms with Gasteiger partial charge >= 0.3 is 0 Å². The van der Waals surface area contributed by atoms with E-state index < -0.39 is 0 Å². The molecule has 3 aliphatic rings. The van der Waals surface area contributed by atoms with Crippen LogP contribution in [-0.2, 0) is 11.2 Å². The van der Waals surface area contributed by atoms with Gasteiger partial charge in [-0.1, -0.05) is 17.7 Å². The van der Waals surface area contributed by atoms with Crippen LogP contribution in [0.2, 0.25) is 5.02 Å². The van der Waals surface area contributed by atoms with Crippen LogP contribution >= 0.6 is 11.6 Å². The number of carbonyl (C=O) groups excluding carboxylic acids is 1. The van der Waals surface area contributed by atoms with E-state index in [0.29, 0.717) is 41.2 Å². The third-order valence-corrected chi connectivity index (χ3v) is 7.59. The zero-order valence-electron chi connectivity index (χ0n) is 18.9. The molecule has 0 unspecified atom stereocenters. The fourth-order valence-corrected chi connectivity index (χ4v) is 5.29. The monoisotopic (exact) mass is 471 g/mol. The molecule has 1 aromatic carbocycles. The van der Waals surface area contributed by atoms with Crippen molar-refractivity contribution in [3.63, 3.8) is 0 Å². The molecule has 2 aromatic rings. The van der Waals surface area contributed by atoms with E-state index in [9.17, 15) is 9.18 Å². The van der Waals surface area contributed by atoms with Crippen molar-refractivity contribution in [3.05, 3.63) is 47.0 Å². The fraction of sp³-hybridized carbons (Fsp3) is 0.577. The Hall–Kier alpha value is -2.21. The van der Waals surface area contributed by atoms with E-state index in [2.05, 4.69) is 14.9 Å². The van der Waals surface area contributed by atoms with Crippen LogP contribution in [0.15, 0.2) is 30.6 Å². The van der Waals surface area contributed by atoms with Gasteiger partial charge in [0.15, 0.2) is 0 Å². The Morgan fingerprint density at radius 3 is 2.61 bits per heavy atom. The highest BCUT2D eigenvalue weighted by molar-refractivity contribution is 6.30. The number of carbonyl (C=O) groups is 1. The molecule has 2 aliphatic carbocycles. The van der Waals surface area contributed by atoms with E-state index in [1.807, 2.05) is 0 Å².